The molecule has 0 unspecified atom stereocenters. The van der Waals surface area contributed by atoms with Crippen molar-refractivity contribution in [1.29, 1.82) is 0 Å². The second kappa shape index (κ2) is 12.6. The number of rotatable bonds is 10. The first-order chi connectivity index (χ1) is 18.8. The number of carbonyl (C=O) groups excluding carboxylic acids is 3. The van der Waals surface area contributed by atoms with E-state index in [0.29, 0.717) is 28.5 Å². The van der Waals surface area contributed by atoms with Gasteiger partial charge in [0.15, 0.2) is 11.5 Å². The molecule has 0 aromatic heterocycles. The molecular formula is C29H24ClFN2O5S. The summed E-state index contributed by atoms with van der Waals surface area (Å²) in [6.07, 6.45) is 3.75. The monoisotopic (exact) mass is 566 g/mol. The van der Waals surface area contributed by atoms with Crippen molar-refractivity contribution in [2.75, 3.05) is 19.0 Å². The highest BCUT2D eigenvalue weighted by molar-refractivity contribution is 8.18. The molecule has 3 aromatic carbocycles. The molecule has 0 spiro atoms. The Morgan fingerprint density at radius 1 is 1.15 bits per heavy atom. The minimum atomic E-state index is -0.624. The van der Waals surface area contributed by atoms with Crippen molar-refractivity contribution in [2.24, 2.45) is 0 Å². The minimum Gasteiger partial charge on any atom is -0.493 e. The highest BCUT2D eigenvalue weighted by atomic mass is 35.5. The van der Waals surface area contributed by atoms with E-state index in [1.165, 1.54) is 25.3 Å². The third-order valence-electron chi connectivity index (χ3n) is 5.62. The van der Waals surface area contributed by atoms with Gasteiger partial charge in [-0.05, 0) is 77.9 Å². The second-order valence-corrected chi connectivity index (χ2v) is 9.88. The van der Waals surface area contributed by atoms with E-state index < -0.39 is 29.4 Å². The van der Waals surface area contributed by atoms with Crippen molar-refractivity contribution < 1.29 is 28.2 Å². The fourth-order valence-corrected chi connectivity index (χ4v) is 4.79. The van der Waals surface area contributed by atoms with Crippen LogP contribution in [0.4, 0.5) is 14.9 Å². The molecule has 4 rings (SSSR count). The predicted octanol–water partition coefficient (Wildman–Crippen LogP) is 6.47. The van der Waals surface area contributed by atoms with Gasteiger partial charge in [-0.3, -0.25) is 19.3 Å². The Morgan fingerprint density at radius 2 is 1.92 bits per heavy atom. The number of carbonyl (C=O) groups is 3. The number of hydrogen-bond acceptors (Lipinski definition) is 6. The van der Waals surface area contributed by atoms with Crippen molar-refractivity contribution in [3.63, 3.8) is 0 Å². The average molecular weight is 567 g/mol. The molecule has 200 valence electrons. The second-order valence-electron chi connectivity index (χ2n) is 8.45. The van der Waals surface area contributed by atoms with E-state index in [0.717, 1.165) is 33.9 Å². The maximum atomic E-state index is 13.4. The number of imide groups is 1. The lowest BCUT2D eigenvalue weighted by molar-refractivity contribution is -0.127. The Balaban J connectivity index is 1.52. The van der Waals surface area contributed by atoms with Gasteiger partial charge >= 0.3 is 0 Å². The van der Waals surface area contributed by atoms with E-state index in [9.17, 15) is 18.8 Å². The summed E-state index contributed by atoms with van der Waals surface area (Å²) >= 11 is 6.69. The topological polar surface area (TPSA) is 84.9 Å². The van der Waals surface area contributed by atoms with Gasteiger partial charge in [0, 0.05) is 16.3 Å². The summed E-state index contributed by atoms with van der Waals surface area (Å²) in [7, 11) is 1.51. The van der Waals surface area contributed by atoms with E-state index in [1.807, 2.05) is 18.2 Å². The number of thioether (sulfide) groups is 1. The lowest BCUT2D eigenvalue weighted by Crippen LogP contribution is -2.36. The van der Waals surface area contributed by atoms with Crippen molar-refractivity contribution in [1.82, 2.24) is 4.90 Å². The first-order valence-electron chi connectivity index (χ1n) is 11.8. The summed E-state index contributed by atoms with van der Waals surface area (Å²) in [5.41, 5.74) is 2.53. The van der Waals surface area contributed by atoms with Crippen molar-refractivity contribution in [3.05, 3.63) is 106 Å². The largest absolute Gasteiger partial charge is 0.493 e. The summed E-state index contributed by atoms with van der Waals surface area (Å²) in [6.45, 7) is 3.60. The van der Waals surface area contributed by atoms with Crippen molar-refractivity contribution >= 4 is 52.2 Å². The number of anilines is 1. The zero-order valence-electron chi connectivity index (χ0n) is 20.9. The lowest BCUT2D eigenvalue weighted by atomic mass is 10.0. The fourth-order valence-electron chi connectivity index (χ4n) is 3.82. The quantitative estimate of drug-likeness (QED) is 0.224. The molecule has 0 saturated carbocycles. The minimum absolute atomic E-state index is 0.153. The molecule has 3 amide bonds. The van der Waals surface area contributed by atoms with Gasteiger partial charge in [0.25, 0.3) is 11.1 Å². The molecule has 1 heterocycles. The normalized spacial score (nSPS) is 14.0. The van der Waals surface area contributed by atoms with Gasteiger partial charge in [0.05, 0.1) is 12.0 Å². The molecule has 1 fully saturated rings. The Kier molecular flexibility index (Phi) is 9.06. The van der Waals surface area contributed by atoms with Crippen LogP contribution < -0.4 is 14.8 Å². The fraction of sp³-hybridized carbons (Fsp3) is 0.138. The number of allylic oxidation sites excluding steroid dienone is 1. The SMILES string of the molecule is C=CCc1cc(/C=C2/SC(=O)N(CC(=O)Nc3cccc(F)c3)C2=O)cc(OC)c1OCc1ccc(Cl)cc1. The lowest BCUT2D eigenvalue weighted by Gasteiger charge is -2.16. The van der Waals surface area contributed by atoms with Crippen molar-refractivity contribution in [2.45, 2.75) is 13.0 Å². The van der Waals surface area contributed by atoms with Crippen LogP contribution in [0.2, 0.25) is 5.02 Å². The van der Waals surface area contributed by atoms with E-state index in [4.69, 9.17) is 21.1 Å². The number of nitrogens with zero attached hydrogens (tertiary/aromatic N) is 1. The Hall–Kier alpha value is -4.08. The van der Waals surface area contributed by atoms with E-state index in [-0.39, 0.29) is 17.2 Å². The van der Waals surface area contributed by atoms with Crippen LogP contribution in [0.1, 0.15) is 16.7 Å². The molecule has 0 aliphatic carbocycles. The van der Waals surface area contributed by atoms with E-state index in [1.54, 1.807) is 30.4 Å². The van der Waals surface area contributed by atoms with Gasteiger partial charge in [-0.25, -0.2) is 4.39 Å². The van der Waals surface area contributed by atoms with E-state index >= 15 is 0 Å². The molecule has 10 heteroatoms. The van der Waals surface area contributed by atoms with Crippen LogP contribution in [-0.2, 0) is 22.6 Å². The highest BCUT2D eigenvalue weighted by Crippen LogP contribution is 2.37. The first-order valence-corrected chi connectivity index (χ1v) is 13.0. The molecule has 1 N–H and O–H groups in total. The third-order valence-corrected chi connectivity index (χ3v) is 6.78. The Bertz CT molecular complexity index is 1460. The molecule has 0 atom stereocenters. The van der Waals surface area contributed by atoms with Gasteiger partial charge in [0.2, 0.25) is 5.91 Å². The van der Waals surface area contributed by atoms with Crippen LogP contribution in [0, 0.1) is 5.82 Å². The van der Waals surface area contributed by atoms with Gasteiger partial charge < -0.3 is 14.8 Å². The molecule has 0 radical (unpaired) electrons. The molecule has 1 saturated heterocycles. The third kappa shape index (κ3) is 7.07. The number of nitrogens with one attached hydrogen (secondary N) is 1. The molecule has 39 heavy (non-hydrogen) atoms. The number of hydrogen-bond donors (Lipinski definition) is 1. The molecule has 7 nitrogen and oxygen atoms in total. The molecular weight excluding hydrogens is 543 g/mol. The molecule has 0 bridgehead atoms. The van der Waals surface area contributed by atoms with Crippen LogP contribution in [0.25, 0.3) is 6.08 Å². The maximum absolute atomic E-state index is 13.4. The zero-order valence-corrected chi connectivity index (χ0v) is 22.5. The number of halogens is 2. The molecule has 3 aromatic rings. The van der Waals surface area contributed by atoms with Gasteiger partial charge in [-0.1, -0.05) is 35.9 Å². The summed E-state index contributed by atoms with van der Waals surface area (Å²) in [4.78, 5) is 38.9. The Morgan fingerprint density at radius 3 is 2.62 bits per heavy atom. The number of amides is 3. The highest BCUT2D eigenvalue weighted by Gasteiger charge is 2.36. The summed E-state index contributed by atoms with van der Waals surface area (Å²) in [5, 5.41) is 2.53. The van der Waals surface area contributed by atoms with Crippen LogP contribution in [0.3, 0.4) is 0 Å². The smallest absolute Gasteiger partial charge is 0.294 e. The zero-order chi connectivity index (χ0) is 27.9. The van der Waals surface area contributed by atoms with E-state index in [2.05, 4.69) is 11.9 Å². The summed E-state index contributed by atoms with van der Waals surface area (Å²) in [6, 6.07) is 16.2. The predicted molar refractivity (Wildman–Crippen MR) is 150 cm³/mol. The Labute approximate surface area is 234 Å². The first kappa shape index (κ1) is 27.9. The standard InChI is InChI=1S/C29H24ClFN2O5S/c1-3-5-20-12-19(13-24(37-2)27(20)38-17-18-8-10-21(30)11-9-18)14-25-28(35)33(29(36)39-25)16-26(34)32-23-7-4-6-22(31)15-23/h3-4,6-15H,1,5,16-17H2,2H3,(H,32,34)/b25-14+. The average Bonchev–Trinajstić information content (AvgIpc) is 3.16. The molecule has 1 aliphatic heterocycles. The maximum Gasteiger partial charge on any atom is 0.294 e. The van der Waals surface area contributed by atoms with Gasteiger partial charge in [0.1, 0.15) is 19.0 Å². The van der Waals surface area contributed by atoms with Gasteiger partial charge in [-0.15, -0.1) is 6.58 Å². The van der Waals surface area contributed by atoms with Crippen LogP contribution >= 0.6 is 23.4 Å². The summed E-state index contributed by atoms with van der Waals surface area (Å²) in [5.74, 6) is -0.766. The number of benzene rings is 3. The summed E-state index contributed by atoms with van der Waals surface area (Å²) < 4.78 is 25.0. The van der Waals surface area contributed by atoms with Crippen LogP contribution in [-0.4, -0.2) is 35.6 Å². The number of methoxy groups -OCH3 is 1. The van der Waals surface area contributed by atoms with Gasteiger partial charge in [-0.2, -0.15) is 0 Å². The van der Waals surface area contributed by atoms with Crippen LogP contribution in [0.15, 0.2) is 78.2 Å². The molecule has 1 aliphatic rings. The van der Waals surface area contributed by atoms with Crippen molar-refractivity contribution in [3.8, 4) is 11.5 Å². The number of ether oxygens (including phenoxy) is 2. The van der Waals surface area contributed by atoms with Crippen LogP contribution in [0.5, 0.6) is 11.5 Å².